The second-order valence-corrected chi connectivity index (χ2v) is 8.06. The summed E-state index contributed by atoms with van der Waals surface area (Å²) >= 11 is 0. The number of phenolic OH excluding ortho intramolecular Hbond substituents is 1. The van der Waals surface area contributed by atoms with Crippen molar-refractivity contribution in [1.82, 2.24) is 9.88 Å². The van der Waals surface area contributed by atoms with Crippen molar-refractivity contribution in [1.29, 1.82) is 0 Å². The van der Waals surface area contributed by atoms with Crippen LogP contribution < -0.4 is 11.3 Å². The van der Waals surface area contributed by atoms with Crippen LogP contribution in [0.5, 0.6) is 5.75 Å². The number of benzene rings is 2. The van der Waals surface area contributed by atoms with Crippen molar-refractivity contribution >= 4 is 21.9 Å². The Kier molecular flexibility index (Phi) is 5.69. The van der Waals surface area contributed by atoms with Gasteiger partial charge in [-0.25, -0.2) is 9.59 Å². The Morgan fingerprint density at radius 2 is 1.71 bits per heavy atom. The summed E-state index contributed by atoms with van der Waals surface area (Å²) in [5.41, 5.74) is 1.79. The molecule has 0 amide bonds. The van der Waals surface area contributed by atoms with Gasteiger partial charge in [0.2, 0.25) is 0 Å². The lowest BCUT2D eigenvalue weighted by Gasteiger charge is -2.21. The molecular weight excluding hydrogens is 432 g/mol. The van der Waals surface area contributed by atoms with E-state index in [4.69, 9.17) is 8.83 Å². The predicted octanol–water partition coefficient (Wildman–Crippen LogP) is 4.69. The van der Waals surface area contributed by atoms with Gasteiger partial charge in [0, 0.05) is 47.9 Å². The minimum absolute atomic E-state index is 0.0199. The van der Waals surface area contributed by atoms with E-state index in [-0.39, 0.29) is 16.9 Å². The molecule has 0 fully saturated rings. The highest BCUT2D eigenvalue weighted by molar-refractivity contribution is 5.97. The van der Waals surface area contributed by atoms with E-state index in [0.29, 0.717) is 41.7 Å². The molecule has 1 N–H and O–H groups in total. The Balaban J connectivity index is 1.65. The number of nitrogens with zero attached hydrogens (tertiary/aromatic N) is 2. The van der Waals surface area contributed by atoms with E-state index in [0.717, 1.165) is 10.9 Å². The maximum Gasteiger partial charge on any atom is 0.344 e. The first kappa shape index (κ1) is 21.6. The molecule has 0 bridgehead atoms. The SMILES string of the molecule is CCN(Cc1ccncc1)Cc1c(O)ccc2c(-c3cc4ccccc4oc3=O)cc(=O)oc12. The molecular formula is C27H22N2O5. The predicted molar refractivity (Wildman–Crippen MR) is 130 cm³/mol. The number of hydrogen-bond donors (Lipinski definition) is 1. The molecule has 3 aromatic heterocycles. The van der Waals surface area contributed by atoms with Gasteiger partial charge in [-0.3, -0.25) is 9.88 Å². The number of aromatic nitrogens is 1. The quantitative estimate of drug-likeness (QED) is 0.372. The average Bonchev–Trinajstić information content (AvgIpc) is 2.85. The van der Waals surface area contributed by atoms with E-state index in [1.54, 1.807) is 42.7 Å². The topological polar surface area (TPSA) is 96.8 Å². The second-order valence-electron chi connectivity index (χ2n) is 8.06. The minimum atomic E-state index is -0.612. The molecule has 5 aromatic rings. The first-order chi connectivity index (χ1) is 16.5. The summed E-state index contributed by atoms with van der Waals surface area (Å²) in [4.78, 5) is 31.5. The van der Waals surface area contributed by atoms with Crippen LogP contribution in [0.1, 0.15) is 18.1 Å². The molecule has 7 nitrogen and oxygen atoms in total. The Morgan fingerprint density at radius 1 is 0.912 bits per heavy atom. The fourth-order valence-corrected chi connectivity index (χ4v) is 4.15. The number of aromatic hydroxyl groups is 1. The smallest absolute Gasteiger partial charge is 0.344 e. The van der Waals surface area contributed by atoms with Crippen molar-refractivity contribution < 1.29 is 13.9 Å². The number of phenols is 1. The summed E-state index contributed by atoms with van der Waals surface area (Å²) in [6, 6.07) is 17.3. The molecule has 0 aliphatic rings. The summed E-state index contributed by atoms with van der Waals surface area (Å²) in [6.45, 7) is 3.70. The van der Waals surface area contributed by atoms with Gasteiger partial charge in [-0.15, -0.1) is 0 Å². The summed E-state index contributed by atoms with van der Waals surface area (Å²) in [5, 5.41) is 12.0. The molecule has 0 atom stereocenters. The summed E-state index contributed by atoms with van der Waals surface area (Å²) < 4.78 is 11.1. The maximum atomic E-state index is 12.8. The normalized spacial score (nSPS) is 11.5. The highest BCUT2D eigenvalue weighted by Gasteiger charge is 2.19. The molecule has 0 aliphatic carbocycles. The first-order valence-corrected chi connectivity index (χ1v) is 11.0. The molecule has 0 saturated heterocycles. The lowest BCUT2D eigenvalue weighted by Crippen LogP contribution is -2.22. The third-order valence-electron chi connectivity index (χ3n) is 5.91. The highest BCUT2D eigenvalue weighted by Crippen LogP contribution is 2.34. The third kappa shape index (κ3) is 4.09. The van der Waals surface area contributed by atoms with Crippen LogP contribution in [0.4, 0.5) is 0 Å². The van der Waals surface area contributed by atoms with E-state index in [9.17, 15) is 14.7 Å². The first-order valence-electron chi connectivity index (χ1n) is 11.0. The average molecular weight is 454 g/mol. The third-order valence-corrected chi connectivity index (χ3v) is 5.91. The minimum Gasteiger partial charge on any atom is -0.507 e. The number of rotatable bonds is 6. The summed E-state index contributed by atoms with van der Waals surface area (Å²) in [6.07, 6.45) is 3.47. The summed E-state index contributed by atoms with van der Waals surface area (Å²) in [5.74, 6) is 0.0199. The van der Waals surface area contributed by atoms with Gasteiger partial charge in [-0.1, -0.05) is 25.1 Å². The van der Waals surface area contributed by atoms with Gasteiger partial charge in [-0.2, -0.15) is 0 Å². The van der Waals surface area contributed by atoms with E-state index in [2.05, 4.69) is 9.88 Å². The lowest BCUT2D eigenvalue weighted by atomic mass is 9.99. The molecule has 170 valence electrons. The molecule has 5 rings (SSSR count). The highest BCUT2D eigenvalue weighted by atomic mass is 16.4. The Hall–Kier alpha value is -4.23. The second kappa shape index (κ2) is 8.96. The van der Waals surface area contributed by atoms with E-state index >= 15 is 0 Å². The zero-order chi connectivity index (χ0) is 23.7. The molecule has 0 saturated carbocycles. The van der Waals surface area contributed by atoms with Gasteiger partial charge in [0.05, 0.1) is 11.1 Å². The molecule has 34 heavy (non-hydrogen) atoms. The Bertz CT molecular complexity index is 1610. The van der Waals surface area contributed by atoms with Gasteiger partial charge in [0.25, 0.3) is 0 Å². The van der Waals surface area contributed by atoms with Gasteiger partial charge >= 0.3 is 11.3 Å². The van der Waals surface area contributed by atoms with Crippen LogP contribution in [0.3, 0.4) is 0 Å². The molecule has 2 aromatic carbocycles. The molecule has 0 radical (unpaired) electrons. The fraction of sp³-hybridized carbons (Fsp3) is 0.148. The van der Waals surface area contributed by atoms with Gasteiger partial charge in [0.15, 0.2) is 0 Å². The molecule has 7 heteroatoms. The fourth-order valence-electron chi connectivity index (χ4n) is 4.15. The zero-order valence-electron chi connectivity index (χ0n) is 18.5. The van der Waals surface area contributed by atoms with Gasteiger partial charge in [-0.05, 0) is 48.5 Å². The van der Waals surface area contributed by atoms with Crippen LogP contribution in [-0.2, 0) is 13.1 Å². The molecule has 0 unspecified atom stereocenters. The largest absolute Gasteiger partial charge is 0.507 e. The maximum absolute atomic E-state index is 12.8. The van der Waals surface area contributed by atoms with Crippen molar-refractivity contribution in [2.24, 2.45) is 0 Å². The Labute approximate surface area is 194 Å². The van der Waals surface area contributed by atoms with E-state index < -0.39 is 11.3 Å². The number of hydrogen-bond acceptors (Lipinski definition) is 7. The zero-order valence-corrected chi connectivity index (χ0v) is 18.5. The van der Waals surface area contributed by atoms with Gasteiger partial charge < -0.3 is 13.9 Å². The van der Waals surface area contributed by atoms with Crippen LogP contribution >= 0.6 is 0 Å². The lowest BCUT2D eigenvalue weighted by molar-refractivity contribution is 0.267. The van der Waals surface area contributed by atoms with Crippen LogP contribution in [0.25, 0.3) is 33.1 Å². The van der Waals surface area contributed by atoms with E-state index in [1.165, 1.54) is 6.07 Å². The van der Waals surface area contributed by atoms with E-state index in [1.807, 2.05) is 31.2 Å². The van der Waals surface area contributed by atoms with Crippen molar-refractivity contribution in [2.45, 2.75) is 20.0 Å². The van der Waals surface area contributed by atoms with Crippen molar-refractivity contribution in [3.8, 4) is 16.9 Å². The van der Waals surface area contributed by atoms with Crippen molar-refractivity contribution in [2.75, 3.05) is 6.54 Å². The van der Waals surface area contributed by atoms with Crippen LogP contribution in [-0.4, -0.2) is 21.5 Å². The summed E-state index contributed by atoms with van der Waals surface area (Å²) in [7, 11) is 0. The number of pyridine rings is 1. The van der Waals surface area contributed by atoms with Crippen LogP contribution in [0.15, 0.2) is 91.5 Å². The van der Waals surface area contributed by atoms with Crippen LogP contribution in [0.2, 0.25) is 0 Å². The van der Waals surface area contributed by atoms with Crippen LogP contribution in [0, 0.1) is 0 Å². The monoisotopic (exact) mass is 454 g/mol. The Morgan fingerprint density at radius 3 is 2.50 bits per heavy atom. The molecule has 0 aliphatic heterocycles. The standard InChI is InChI=1S/C27H22N2O5/c1-2-29(15-17-9-11-28-12-10-17)16-22-23(30)8-7-19-20(14-25(31)34-26(19)22)21-13-18-5-3-4-6-24(18)33-27(21)32/h3-14,30H,2,15-16H2,1H3. The number of fused-ring (bicyclic) bond motifs is 2. The van der Waals surface area contributed by atoms with Crippen molar-refractivity contribution in [3.05, 3.63) is 105 Å². The molecule has 3 heterocycles. The molecule has 0 spiro atoms. The van der Waals surface area contributed by atoms with Crippen molar-refractivity contribution in [3.63, 3.8) is 0 Å². The van der Waals surface area contributed by atoms with Gasteiger partial charge in [0.1, 0.15) is 16.9 Å². The number of para-hydroxylation sites is 1.